The van der Waals surface area contributed by atoms with Crippen molar-refractivity contribution in [1.82, 2.24) is 0 Å². The fourth-order valence-electron chi connectivity index (χ4n) is 2.62. The van der Waals surface area contributed by atoms with E-state index in [0.29, 0.717) is 23.3 Å². The van der Waals surface area contributed by atoms with Crippen molar-refractivity contribution >= 4 is 27.7 Å². The van der Waals surface area contributed by atoms with Crippen molar-refractivity contribution in [2.75, 3.05) is 12.4 Å². The number of carbonyl (C=O) groups is 1. The minimum Gasteiger partial charge on any atom is -0.478 e. The number of carboxylic acid groups (broad SMARTS) is 1. The first kappa shape index (κ1) is 14.3. The van der Waals surface area contributed by atoms with Gasteiger partial charge < -0.3 is 14.3 Å². The molecular formula is C15H16O5S. The van der Waals surface area contributed by atoms with Crippen LogP contribution in [-0.4, -0.2) is 33.7 Å². The van der Waals surface area contributed by atoms with Gasteiger partial charge in [0.1, 0.15) is 16.9 Å². The number of fused-ring (bicyclic) bond motifs is 1. The number of aromatic carboxylic acids is 1. The highest BCUT2D eigenvalue weighted by atomic mass is 32.2. The van der Waals surface area contributed by atoms with E-state index in [2.05, 4.69) is 0 Å². The Hall–Kier alpha value is -1.66. The average molecular weight is 308 g/mol. The highest BCUT2D eigenvalue weighted by molar-refractivity contribution is 7.84. The zero-order valence-corrected chi connectivity index (χ0v) is 12.2. The summed E-state index contributed by atoms with van der Waals surface area (Å²) in [5.74, 6) is -0.240. The van der Waals surface area contributed by atoms with Crippen LogP contribution in [-0.2, 0) is 21.3 Å². The lowest BCUT2D eigenvalue weighted by atomic mass is 10.1. The summed E-state index contributed by atoms with van der Waals surface area (Å²) in [5, 5.41) is 9.92. The summed E-state index contributed by atoms with van der Waals surface area (Å²) in [7, 11) is -1.20. The molecule has 0 radical (unpaired) electrons. The summed E-state index contributed by atoms with van der Waals surface area (Å²) in [5.41, 5.74) is 0.630. The molecule has 0 spiro atoms. The van der Waals surface area contributed by atoms with E-state index in [0.717, 1.165) is 12.8 Å². The number of ether oxygens (including phenoxy) is 1. The highest BCUT2D eigenvalue weighted by Gasteiger charge is 2.24. The maximum Gasteiger partial charge on any atom is 0.339 e. The molecule has 2 heterocycles. The van der Waals surface area contributed by atoms with E-state index in [9.17, 15) is 14.1 Å². The molecule has 2 aromatic rings. The Balaban J connectivity index is 1.84. The first-order valence-corrected chi connectivity index (χ1v) is 8.34. The lowest BCUT2D eigenvalue weighted by molar-refractivity contribution is 0.0697. The molecule has 1 aromatic carbocycles. The van der Waals surface area contributed by atoms with Crippen LogP contribution in [0.1, 0.15) is 29.0 Å². The van der Waals surface area contributed by atoms with Gasteiger partial charge in [0.15, 0.2) is 0 Å². The molecule has 3 rings (SSSR count). The van der Waals surface area contributed by atoms with E-state index in [1.165, 1.54) is 0 Å². The summed E-state index contributed by atoms with van der Waals surface area (Å²) >= 11 is 0. The molecule has 0 aliphatic carbocycles. The topological polar surface area (TPSA) is 76.7 Å². The van der Waals surface area contributed by atoms with Gasteiger partial charge in [0, 0.05) is 22.8 Å². The molecule has 0 amide bonds. The summed E-state index contributed by atoms with van der Waals surface area (Å²) in [6.45, 7) is 0.715. The molecular weight excluding hydrogens is 292 g/mol. The van der Waals surface area contributed by atoms with Gasteiger partial charge in [-0.2, -0.15) is 0 Å². The minimum absolute atomic E-state index is 0.0171. The van der Waals surface area contributed by atoms with Crippen LogP contribution in [0.2, 0.25) is 0 Å². The van der Waals surface area contributed by atoms with E-state index >= 15 is 0 Å². The zero-order valence-electron chi connectivity index (χ0n) is 11.4. The molecule has 0 saturated carbocycles. The van der Waals surface area contributed by atoms with Gasteiger partial charge in [-0.3, -0.25) is 4.21 Å². The Bertz CT molecular complexity index is 684. The van der Waals surface area contributed by atoms with Crippen molar-refractivity contribution in [2.45, 2.75) is 24.7 Å². The second-order valence-corrected chi connectivity index (χ2v) is 6.59. The van der Waals surface area contributed by atoms with Gasteiger partial charge in [0.2, 0.25) is 0 Å². The molecule has 1 aliphatic rings. The van der Waals surface area contributed by atoms with Gasteiger partial charge in [-0.1, -0.05) is 18.2 Å². The SMILES string of the molecule is O=C(O)c1c(CS(=O)CC2CCCO2)oc2ccccc12. The smallest absolute Gasteiger partial charge is 0.339 e. The molecule has 1 N–H and O–H groups in total. The Morgan fingerprint density at radius 1 is 1.38 bits per heavy atom. The van der Waals surface area contributed by atoms with Crippen molar-refractivity contribution < 1.29 is 23.3 Å². The number of benzene rings is 1. The fourth-order valence-corrected chi connectivity index (χ4v) is 3.91. The van der Waals surface area contributed by atoms with E-state index in [4.69, 9.17) is 9.15 Å². The summed E-state index contributed by atoms with van der Waals surface area (Å²) in [4.78, 5) is 11.4. The molecule has 112 valence electrons. The van der Waals surface area contributed by atoms with Gasteiger partial charge in [0.25, 0.3) is 0 Å². The standard InChI is InChI=1S/C15H16O5S/c16-15(17)14-11-5-1-2-6-12(11)20-13(14)9-21(18)8-10-4-3-7-19-10/h1-2,5-6,10H,3-4,7-9H2,(H,16,17). The van der Waals surface area contributed by atoms with Crippen LogP contribution in [0.4, 0.5) is 0 Å². The fraction of sp³-hybridized carbons (Fsp3) is 0.400. The van der Waals surface area contributed by atoms with Crippen molar-refractivity contribution in [2.24, 2.45) is 0 Å². The van der Waals surface area contributed by atoms with E-state index in [1.54, 1.807) is 24.3 Å². The number of hydrogen-bond acceptors (Lipinski definition) is 4. The third kappa shape index (κ3) is 3.01. The molecule has 5 nitrogen and oxygen atoms in total. The Labute approximate surface area is 124 Å². The molecule has 1 aliphatic heterocycles. The number of hydrogen-bond donors (Lipinski definition) is 1. The predicted octanol–water partition coefficient (Wildman–Crippen LogP) is 2.56. The largest absolute Gasteiger partial charge is 0.478 e. The van der Waals surface area contributed by atoms with Crippen LogP contribution in [0.25, 0.3) is 11.0 Å². The Morgan fingerprint density at radius 2 is 2.19 bits per heavy atom. The number of para-hydroxylation sites is 1. The Kier molecular flexibility index (Phi) is 4.07. The van der Waals surface area contributed by atoms with Crippen LogP contribution in [0.3, 0.4) is 0 Å². The molecule has 6 heteroatoms. The first-order valence-electron chi connectivity index (χ1n) is 6.85. The molecule has 21 heavy (non-hydrogen) atoms. The van der Waals surface area contributed by atoms with Gasteiger partial charge in [-0.15, -0.1) is 0 Å². The summed E-state index contributed by atoms with van der Waals surface area (Å²) in [6, 6.07) is 6.96. The molecule has 2 atom stereocenters. The van der Waals surface area contributed by atoms with Crippen molar-refractivity contribution in [3.05, 3.63) is 35.6 Å². The normalized spacial score (nSPS) is 19.9. The van der Waals surface area contributed by atoms with Gasteiger partial charge in [-0.05, 0) is 18.9 Å². The van der Waals surface area contributed by atoms with Crippen LogP contribution >= 0.6 is 0 Å². The molecule has 1 saturated heterocycles. The van der Waals surface area contributed by atoms with Crippen LogP contribution in [0.5, 0.6) is 0 Å². The van der Waals surface area contributed by atoms with Crippen LogP contribution in [0.15, 0.2) is 28.7 Å². The molecule has 2 unspecified atom stereocenters. The minimum atomic E-state index is -1.20. The zero-order chi connectivity index (χ0) is 14.8. The average Bonchev–Trinajstić information content (AvgIpc) is 3.04. The number of carboxylic acids is 1. The van der Waals surface area contributed by atoms with Crippen LogP contribution in [0, 0.1) is 0 Å². The van der Waals surface area contributed by atoms with Gasteiger partial charge in [0.05, 0.1) is 17.6 Å². The number of rotatable bonds is 5. The first-order chi connectivity index (χ1) is 10.1. The van der Waals surface area contributed by atoms with Crippen LogP contribution < -0.4 is 0 Å². The highest BCUT2D eigenvalue weighted by Crippen LogP contribution is 2.27. The predicted molar refractivity (Wildman–Crippen MR) is 78.9 cm³/mol. The maximum absolute atomic E-state index is 12.2. The molecule has 0 bridgehead atoms. The van der Waals surface area contributed by atoms with E-state index < -0.39 is 16.8 Å². The molecule has 1 fully saturated rings. The maximum atomic E-state index is 12.2. The van der Waals surface area contributed by atoms with E-state index in [-0.39, 0.29) is 23.2 Å². The second kappa shape index (κ2) is 5.99. The monoisotopic (exact) mass is 308 g/mol. The van der Waals surface area contributed by atoms with Crippen molar-refractivity contribution in [1.29, 1.82) is 0 Å². The third-order valence-electron chi connectivity index (χ3n) is 3.57. The quantitative estimate of drug-likeness (QED) is 0.918. The number of furan rings is 1. The van der Waals surface area contributed by atoms with Gasteiger partial charge >= 0.3 is 5.97 Å². The Morgan fingerprint density at radius 3 is 2.90 bits per heavy atom. The summed E-state index contributed by atoms with van der Waals surface area (Å²) < 4.78 is 23.2. The van der Waals surface area contributed by atoms with Crippen molar-refractivity contribution in [3.63, 3.8) is 0 Å². The second-order valence-electron chi connectivity index (χ2n) is 5.09. The lowest BCUT2D eigenvalue weighted by Crippen LogP contribution is -2.17. The molecule has 1 aromatic heterocycles. The lowest BCUT2D eigenvalue weighted by Gasteiger charge is -2.08. The van der Waals surface area contributed by atoms with Crippen molar-refractivity contribution in [3.8, 4) is 0 Å². The van der Waals surface area contributed by atoms with E-state index in [1.807, 2.05) is 0 Å². The third-order valence-corrected chi connectivity index (χ3v) is 4.90. The van der Waals surface area contributed by atoms with Gasteiger partial charge in [-0.25, -0.2) is 4.79 Å². The summed E-state index contributed by atoms with van der Waals surface area (Å²) in [6.07, 6.45) is 1.92.